The first-order chi connectivity index (χ1) is 40.9. The van der Waals surface area contributed by atoms with E-state index in [-0.39, 0.29) is 90.2 Å². The number of esters is 3. The van der Waals surface area contributed by atoms with Crippen LogP contribution in [0.4, 0.5) is 0 Å². The molecule has 0 saturated carbocycles. The fourth-order valence-electron chi connectivity index (χ4n) is 8.97. The van der Waals surface area contributed by atoms with Gasteiger partial charge in [-0.25, -0.2) is 4.79 Å². The van der Waals surface area contributed by atoms with Crippen LogP contribution < -0.4 is 36.6 Å². The summed E-state index contributed by atoms with van der Waals surface area (Å²) in [6, 6.07) is 9.01. The molecule has 0 aliphatic carbocycles. The summed E-state index contributed by atoms with van der Waals surface area (Å²) in [6.45, 7) is 16.1. The lowest BCUT2D eigenvalue weighted by atomic mass is 9.92. The van der Waals surface area contributed by atoms with E-state index in [9.17, 15) is 56.4 Å². The topological polar surface area (TPSA) is 350 Å². The number of amides is 7. The maximum Gasteiger partial charge on any atom is 0.347 e. The standard InChI is InChI=1S/C60H84ClN7O18S/c1-11-28-83-51(73)24-27-68(50(72)22-21-47(69)62-25-29-87(79,80)81)26-23-49(71)67-52(36(4)5)57(76)65-38(7)55(74)63-33-39-15-18-41(19-16-39)54-53(86-54)37(6)44-13-12-14-48(70)66-43(32-40-17-20-45(82-10)42(61)31-40)56(75)64-34-60(8,9)59(78)85-46(30-35(2)3)58(77)84-44/h11-12,14-20,31,35-38,43-44,46,52-54H,1,13,21-30,32-34H2,2-10H3,(H,62,69)(H,63,74)(H,64,75)(H,65,76)(H,66,70)(H,67,71)(H,79,80,81)/b14-12+/t37?,38?,43-,44+,46+,52?,53-,54-/m1/s1. The number of ether oxygens (including phenoxy) is 5. The second-order valence-corrected chi connectivity index (χ2v) is 24.8. The van der Waals surface area contributed by atoms with Gasteiger partial charge in [0.2, 0.25) is 41.4 Å². The van der Waals surface area contributed by atoms with Crippen molar-refractivity contribution in [3.63, 3.8) is 0 Å². The molecule has 2 aliphatic heterocycles. The van der Waals surface area contributed by atoms with Crippen molar-refractivity contribution in [3.05, 3.63) is 89.0 Å². The quantitative estimate of drug-likeness (QED) is 0.0201. The molecule has 7 N–H and O–H groups in total. The third kappa shape index (κ3) is 24.7. The minimum Gasteiger partial charge on any atom is -0.495 e. The van der Waals surface area contributed by atoms with Crippen LogP contribution in [0, 0.1) is 23.2 Å². The molecular formula is C60H84ClN7O18S. The molecule has 0 aromatic heterocycles. The SMILES string of the molecule is C=CCOC(=O)CCN(CCC(=O)NC(C(=O)NC(C)C(=O)NCc1ccc([C@H]2O[C@@H]2C(C)[C@@H]2C/C=C/C(=O)N[C@H](Cc3ccc(OC)c(Cl)c3)C(=O)NCC(C)(C)C(=O)O[C@@H](CC(C)C)C(=O)O2)cc1)C(C)C)C(=O)CCC(=O)NCCS(=O)(=O)O. The predicted octanol–water partition coefficient (Wildman–Crippen LogP) is 3.51. The van der Waals surface area contributed by atoms with Gasteiger partial charge in [-0.3, -0.25) is 47.7 Å². The van der Waals surface area contributed by atoms with Gasteiger partial charge >= 0.3 is 17.9 Å². The average Bonchev–Trinajstić information content (AvgIpc) is 1.80. The van der Waals surface area contributed by atoms with Crippen LogP contribution in [0.2, 0.25) is 5.02 Å². The summed E-state index contributed by atoms with van der Waals surface area (Å²) in [5, 5.41) is 16.2. The van der Waals surface area contributed by atoms with Gasteiger partial charge in [0.1, 0.15) is 42.7 Å². The molecule has 0 bridgehead atoms. The summed E-state index contributed by atoms with van der Waals surface area (Å²) in [7, 11) is -2.85. The lowest BCUT2D eigenvalue weighted by Gasteiger charge is -2.29. The average molecular weight is 1260 g/mol. The third-order valence-electron chi connectivity index (χ3n) is 14.2. The van der Waals surface area contributed by atoms with Crippen molar-refractivity contribution in [2.75, 3.05) is 45.6 Å². The number of benzene rings is 2. The van der Waals surface area contributed by atoms with Crippen LogP contribution in [0.5, 0.6) is 5.75 Å². The first-order valence-electron chi connectivity index (χ1n) is 28.8. The molecule has 7 amide bonds. The Morgan fingerprint density at radius 2 is 1.56 bits per heavy atom. The summed E-state index contributed by atoms with van der Waals surface area (Å²) >= 11 is 6.38. The highest BCUT2D eigenvalue weighted by Crippen LogP contribution is 2.45. The number of nitrogens with one attached hydrogen (secondary N) is 6. The summed E-state index contributed by atoms with van der Waals surface area (Å²) in [4.78, 5) is 134. The van der Waals surface area contributed by atoms with E-state index >= 15 is 0 Å². The molecule has 3 unspecified atom stereocenters. The van der Waals surface area contributed by atoms with Gasteiger partial charge in [0.25, 0.3) is 10.1 Å². The lowest BCUT2D eigenvalue weighted by Crippen LogP contribution is -2.54. The van der Waals surface area contributed by atoms with Crippen LogP contribution in [-0.4, -0.2) is 159 Å². The van der Waals surface area contributed by atoms with E-state index in [4.69, 9.17) is 39.8 Å². The van der Waals surface area contributed by atoms with Gasteiger partial charge in [-0.1, -0.05) is 95.3 Å². The number of hydrogen-bond donors (Lipinski definition) is 7. The van der Waals surface area contributed by atoms with Crippen molar-refractivity contribution in [2.45, 2.75) is 149 Å². The molecule has 2 aromatic carbocycles. The highest BCUT2D eigenvalue weighted by atomic mass is 35.5. The molecule has 25 nitrogen and oxygen atoms in total. The Kier molecular flexibility index (Phi) is 28.3. The summed E-state index contributed by atoms with van der Waals surface area (Å²) in [5.74, 6) is -7.67. The summed E-state index contributed by atoms with van der Waals surface area (Å²) in [5.41, 5.74) is 0.828. The number of nitrogens with zero attached hydrogens (tertiary/aromatic N) is 1. The number of cyclic esters (lactones) is 2. The maximum atomic E-state index is 14.0. The first kappa shape index (κ1) is 72.1. The number of carbonyl (C=O) groups excluding carboxylic acids is 10. The summed E-state index contributed by atoms with van der Waals surface area (Å²) < 4.78 is 59.2. The maximum absolute atomic E-state index is 14.0. The molecule has 87 heavy (non-hydrogen) atoms. The van der Waals surface area contributed by atoms with Crippen molar-refractivity contribution in [2.24, 2.45) is 23.2 Å². The first-order valence-corrected chi connectivity index (χ1v) is 30.8. The van der Waals surface area contributed by atoms with E-state index in [0.29, 0.717) is 21.9 Å². The number of halogens is 1. The van der Waals surface area contributed by atoms with E-state index in [0.717, 1.165) is 5.56 Å². The molecule has 0 radical (unpaired) electrons. The van der Waals surface area contributed by atoms with Gasteiger partial charge in [0, 0.05) is 70.7 Å². The number of carbonyl (C=O) groups is 10. The Morgan fingerprint density at radius 3 is 2.20 bits per heavy atom. The number of hydrogen-bond acceptors (Lipinski definition) is 17. The van der Waals surface area contributed by atoms with Crippen molar-refractivity contribution in [1.82, 2.24) is 36.8 Å². The van der Waals surface area contributed by atoms with E-state index in [2.05, 4.69) is 38.5 Å². The second kappa shape index (κ2) is 34.2. The van der Waals surface area contributed by atoms with Crippen LogP contribution in [0.15, 0.2) is 67.3 Å². The number of epoxide rings is 1. The Labute approximate surface area is 513 Å². The molecule has 1 fully saturated rings. The van der Waals surface area contributed by atoms with Gasteiger partial charge in [0.15, 0.2) is 6.10 Å². The van der Waals surface area contributed by atoms with Gasteiger partial charge in [-0.15, -0.1) is 0 Å². The molecule has 0 spiro atoms. The van der Waals surface area contributed by atoms with Crippen LogP contribution in [-0.2, 0) is 90.0 Å². The molecule has 27 heteroatoms. The van der Waals surface area contributed by atoms with Crippen LogP contribution in [0.1, 0.15) is 117 Å². The number of methoxy groups -OCH3 is 1. The van der Waals surface area contributed by atoms with E-state index in [1.165, 1.54) is 37.2 Å². The van der Waals surface area contributed by atoms with Gasteiger partial charge in [-0.2, -0.15) is 8.42 Å². The highest BCUT2D eigenvalue weighted by Gasteiger charge is 2.48. The molecule has 2 heterocycles. The van der Waals surface area contributed by atoms with E-state index < -0.39 is 135 Å². The minimum absolute atomic E-state index is 0.0526. The van der Waals surface area contributed by atoms with Crippen LogP contribution in [0.3, 0.4) is 0 Å². The fraction of sp³-hybridized carbons (Fsp3) is 0.567. The largest absolute Gasteiger partial charge is 0.495 e. The lowest BCUT2D eigenvalue weighted by molar-refractivity contribution is -0.179. The molecule has 1 saturated heterocycles. The van der Waals surface area contributed by atoms with Gasteiger partial charge in [-0.05, 0) is 73.9 Å². The molecule has 2 aliphatic rings. The Hall–Kier alpha value is -7.42. The Morgan fingerprint density at radius 1 is 0.885 bits per heavy atom. The zero-order valence-electron chi connectivity index (χ0n) is 50.8. The molecule has 8 atom stereocenters. The zero-order chi connectivity index (χ0) is 64.8. The summed E-state index contributed by atoms with van der Waals surface area (Å²) in [6.07, 6.45) is 0.151. The van der Waals surface area contributed by atoms with Gasteiger partial charge in [0.05, 0.1) is 35.8 Å². The zero-order valence-corrected chi connectivity index (χ0v) is 52.3. The monoisotopic (exact) mass is 1260 g/mol. The second-order valence-electron chi connectivity index (χ2n) is 22.8. The van der Waals surface area contributed by atoms with E-state index in [1.54, 1.807) is 58.0 Å². The Bertz CT molecular complexity index is 2920. The minimum atomic E-state index is -4.32. The molecule has 2 aromatic rings. The Balaban J connectivity index is 1.37. The molecular weight excluding hydrogens is 1170 g/mol. The van der Waals surface area contributed by atoms with Crippen molar-refractivity contribution in [3.8, 4) is 5.75 Å². The smallest absolute Gasteiger partial charge is 0.347 e. The normalized spacial score (nSPS) is 20.4. The van der Waals surface area contributed by atoms with Crippen LogP contribution in [0.25, 0.3) is 0 Å². The highest BCUT2D eigenvalue weighted by molar-refractivity contribution is 7.85. The molecule has 4 rings (SSSR count). The van der Waals surface area contributed by atoms with Crippen molar-refractivity contribution >= 4 is 81.0 Å². The van der Waals surface area contributed by atoms with Crippen molar-refractivity contribution in [1.29, 1.82) is 0 Å². The third-order valence-corrected chi connectivity index (χ3v) is 15.2. The predicted molar refractivity (Wildman–Crippen MR) is 318 cm³/mol. The van der Waals surface area contributed by atoms with Crippen molar-refractivity contribution < 1.29 is 84.6 Å². The van der Waals surface area contributed by atoms with Gasteiger partial charge < -0.3 is 60.5 Å². The van der Waals surface area contributed by atoms with Crippen LogP contribution >= 0.6 is 11.6 Å². The number of rotatable bonds is 29. The fourth-order valence-corrected chi connectivity index (χ4v) is 9.61. The van der Waals surface area contributed by atoms with E-state index in [1.807, 2.05) is 32.9 Å². The molecule has 480 valence electrons.